The zero-order chi connectivity index (χ0) is 9.84. The van der Waals surface area contributed by atoms with Gasteiger partial charge in [0.25, 0.3) is 0 Å². The molecule has 1 saturated heterocycles. The fourth-order valence-electron chi connectivity index (χ4n) is 1.47. The summed E-state index contributed by atoms with van der Waals surface area (Å²) < 4.78 is 0. The highest BCUT2D eigenvalue weighted by Gasteiger charge is 2.23. The van der Waals surface area contributed by atoms with Crippen LogP contribution in [0.2, 0.25) is 0 Å². The Morgan fingerprint density at radius 1 is 1.69 bits per heavy atom. The summed E-state index contributed by atoms with van der Waals surface area (Å²) in [5, 5.41) is 9.25. The van der Waals surface area contributed by atoms with E-state index in [1.807, 2.05) is 16.7 Å². The molecule has 0 aromatic heterocycles. The third-order valence-corrected chi connectivity index (χ3v) is 3.82. The van der Waals surface area contributed by atoms with Gasteiger partial charge in [-0.15, -0.1) is 0 Å². The van der Waals surface area contributed by atoms with Crippen LogP contribution in [0.4, 0.5) is 0 Å². The SMILES string of the molecule is CC(C)C1CN(CC(=O)O)CCS1. The van der Waals surface area contributed by atoms with Crippen LogP contribution >= 0.6 is 11.8 Å². The quantitative estimate of drug-likeness (QED) is 0.747. The minimum Gasteiger partial charge on any atom is -0.480 e. The molecule has 76 valence electrons. The van der Waals surface area contributed by atoms with Crippen molar-refractivity contribution >= 4 is 17.7 Å². The Morgan fingerprint density at radius 3 is 2.92 bits per heavy atom. The molecule has 1 aliphatic rings. The molecule has 1 heterocycles. The van der Waals surface area contributed by atoms with Gasteiger partial charge in [0.05, 0.1) is 6.54 Å². The molecule has 1 atom stereocenters. The van der Waals surface area contributed by atoms with E-state index >= 15 is 0 Å². The lowest BCUT2D eigenvalue weighted by Crippen LogP contribution is -2.42. The van der Waals surface area contributed by atoms with E-state index < -0.39 is 5.97 Å². The highest BCUT2D eigenvalue weighted by atomic mass is 32.2. The molecule has 4 heteroatoms. The first-order chi connectivity index (χ1) is 6.09. The van der Waals surface area contributed by atoms with E-state index in [-0.39, 0.29) is 6.54 Å². The number of hydrogen-bond donors (Lipinski definition) is 1. The molecule has 1 N–H and O–H groups in total. The maximum absolute atomic E-state index is 10.5. The van der Waals surface area contributed by atoms with Crippen molar-refractivity contribution in [1.29, 1.82) is 0 Å². The third-order valence-electron chi connectivity index (χ3n) is 2.28. The standard InChI is InChI=1S/C9H17NO2S/c1-7(2)8-5-10(3-4-13-8)6-9(11)12/h7-8H,3-6H2,1-2H3,(H,11,12). The van der Waals surface area contributed by atoms with Crippen molar-refractivity contribution in [3.8, 4) is 0 Å². The second kappa shape index (κ2) is 4.86. The summed E-state index contributed by atoms with van der Waals surface area (Å²) in [5.41, 5.74) is 0. The highest BCUT2D eigenvalue weighted by molar-refractivity contribution is 8.00. The summed E-state index contributed by atoms with van der Waals surface area (Å²) >= 11 is 1.97. The zero-order valence-corrected chi connectivity index (χ0v) is 9.01. The van der Waals surface area contributed by atoms with Gasteiger partial charge in [0.15, 0.2) is 0 Å². The predicted octanol–water partition coefficient (Wildman–Crippen LogP) is 1.14. The topological polar surface area (TPSA) is 40.5 Å². The third kappa shape index (κ3) is 3.56. The van der Waals surface area contributed by atoms with E-state index in [9.17, 15) is 4.79 Å². The van der Waals surface area contributed by atoms with Crippen LogP contribution in [0, 0.1) is 5.92 Å². The van der Waals surface area contributed by atoms with Gasteiger partial charge in [0.1, 0.15) is 0 Å². The Morgan fingerprint density at radius 2 is 2.38 bits per heavy atom. The molecule has 1 aliphatic heterocycles. The molecule has 1 rings (SSSR count). The van der Waals surface area contributed by atoms with Gasteiger partial charge in [-0.1, -0.05) is 13.8 Å². The molecule has 0 bridgehead atoms. The van der Waals surface area contributed by atoms with Gasteiger partial charge in [-0.25, -0.2) is 0 Å². The molecular weight excluding hydrogens is 186 g/mol. The fraction of sp³-hybridized carbons (Fsp3) is 0.889. The zero-order valence-electron chi connectivity index (χ0n) is 8.19. The molecule has 0 saturated carbocycles. The van der Waals surface area contributed by atoms with Crippen molar-refractivity contribution in [3.63, 3.8) is 0 Å². The van der Waals surface area contributed by atoms with E-state index in [1.165, 1.54) is 0 Å². The van der Waals surface area contributed by atoms with E-state index in [1.54, 1.807) is 0 Å². The Balaban J connectivity index is 2.37. The number of carbonyl (C=O) groups is 1. The van der Waals surface area contributed by atoms with Crippen molar-refractivity contribution < 1.29 is 9.90 Å². The average Bonchev–Trinajstić information content (AvgIpc) is 2.03. The van der Waals surface area contributed by atoms with Crippen molar-refractivity contribution in [1.82, 2.24) is 4.90 Å². The van der Waals surface area contributed by atoms with Crippen LogP contribution in [0.15, 0.2) is 0 Å². The molecular formula is C9H17NO2S. The van der Waals surface area contributed by atoms with Crippen LogP contribution in [0.25, 0.3) is 0 Å². The smallest absolute Gasteiger partial charge is 0.317 e. The van der Waals surface area contributed by atoms with Gasteiger partial charge in [-0.05, 0) is 5.92 Å². The number of rotatable bonds is 3. The number of carboxylic acids is 1. The summed E-state index contributed by atoms with van der Waals surface area (Å²) in [7, 11) is 0. The Kier molecular flexibility index (Phi) is 4.06. The summed E-state index contributed by atoms with van der Waals surface area (Å²) in [5.74, 6) is 0.992. The molecule has 1 unspecified atom stereocenters. The maximum Gasteiger partial charge on any atom is 0.317 e. The predicted molar refractivity (Wildman–Crippen MR) is 55.2 cm³/mol. The minimum absolute atomic E-state index is 0.198. The first-order valence-corrected chi connectivity index (χ1v) is 5.70. The van der Waals surface area contributed by atoms with Crippen molar-refractivity contribution in [2.24, 2.45) is 5.92 Å². The van der Waals surface area contributed by atoms with Crippen LogP contribution in [-0.4, -0.2) is 46.6 Å². The first kappa shape index (κ1) is 10.9. The number of nitrogens with zero attached hydrogens (tertiary/aromatic N) is 1. The van der Waals surface area contributed by atoms with Crippen LogP contribution in [0.5, 0.6) is 0 Å². The van der Waals surface area contributed by atoms with Gasteiger partial charge in [0.2, 0.25) is 0 Å². The second-order valence-electron chi connectivity index (χ2n) is 3.78. The molecule has 13 heavy (non-hydrogen) atoms. The van der Waals surface area contributed by atoms with Gasteiger partial charge >= 0.3 is 5.97 Å². The lowest BCUT2D eigenvalue weighted by Gasteiger charge is -2.33. The summed E-state index contributed by atoms with van der Waals surface area (Å²) in [6, 6.07) is 0. The number of carboxylic acid groups (broad SMARTS) is 1. The molecule has 0 spiro atoms. The summed E-state index contributed by atoms with van der Waals surface area (Å²) in [6.45, 7) is 6.43. The Labute approximate surface area is 83.5 Å². The minimum atomic E-state index is -0.714. The first-order valence-electron chi connectivity index (χ1n) is 4.65. The lowest BCUT2D eigenvalue weighted by molar-refractivity contribution is -0.138. The van der Waals surface area contributed by atoms with Gasteiger partial charge in [0, 0.05) is 24.1 Å². The van der Waals surface area contributed by atoms with Gasteiger partial charge in [-0.2, -0.15) is 11.8 Å². The Hall–Kier alpha value is -0.220. The summed E-state index contributed by atoms with van der Waals surface area (Å²) in [4.78, 5) is 12.5. The largest absolute Gasteiger partial charge is 0.480 e. The van der Waals surface area contributed by atoms with Gasteiger partial charge in [-0.3, -0.25) is 9.69 Å². The van der Waals surface area contributed by atoms with E-state index in [0.29, 0.717) is 11.2 Å². The van der Waals surface area contributed by atoms with Crippen molar-refractivity contribution in [2.75, 3.05) is 25.4 Å². The normalized spacial score (nSPS) is 25.0. The van der Waals surface area contributed by atoms with E-state index in [4.69, 9.17) is 5.11 Å². The molecule has 0 aliphatic carbocycles. The summed E-state index contributed by atoms with van der Waals surface area (Å²) in [6.07, 6.45) is 0. The van der Waals surface area contributed by atoms with E-state index in [0.717, 1.165) is 18.8 Å². The maximum atomic E-state index is 10.5. The molecule has 0 aromatic rings. The van der Waals surface area contributed by atoms with E-state index in [2.05, 4.69) is 13.8 Å². The molecule has 0 radical (unpaired) electrons. The Bertz CT molecular complexity index is 184. The highest BCUT2D eigenvalue weighted by Crippen LogP contribution is 2.24. The fourth-order valence-corrected chi connectivity index (χ4v) is 2.84. The molecule has 0 amide bonds. The lowest BCUT2D eigenvalue weighted by atomic mass is 10.1. The number of aliphatic carboxylic acids is 1. The molecule has 0 aromatic carbocycles. The van der Waals surface area contributed by atoms with Crippen LogP contribution in [-0.2, 0) is 4.79 Å². The van der Waals surface area contributed by atoms with Crippen LogP contribution in [0.1, 0.15) is 13.8 Å². The van der Waals surface area contributed by atoms with Crippen LogP contribution < -0.4 is 0 Å². The molecule has 3 nitrogen and oxygen atoms in total. The second-order valence-corrected chi connectivity index (χ2v) is 5.13. The average molecular weight is 203 g/mol. The molecule has 1 fully saturated rings. The van der Waals surface area contributed by atoms with Crippen molar-refractivity contribution in [2.45, 2.75) is 19.1 Å². The van der Waals surface area contributed by atoms with Gasteiger partial charge < -0.3 is 5.11 Å². The number of thioether (sulfide) groups is 1. The number of hydrogen-bond acceptors (Lipinski definition) is 3. The monoisotopic (exact) mass is 203 g/mol. The van der Waals surface area contributed by atoms with Crippen molar-refractivity contribution in [3.05, 3.63) is 0 Å². The van der Waals surface area contributed by atoms with Crippen LogP contribution in [0.3, 0.4) is 0 Å².